The Kier molecular flexibility index (Phi) is 10.1. The molecule has 4 N–H and O–H groups in total. The normalized spacial score (nSPS) is 21.2. The topological polar surface area (TPSA) is 102 Å². The van der Waals surface area contributed by atoms with Crippen LogP contribution < -0.4 is 5.73 Å². The standard InChI is InChI=1S/C34H41NO5/c1-23-8-14-26(15-9-23)34(27-16-10-24(2)11-17-27,28-18-12-25(3)13-19-28)39-22-31-33(38)32(37)30(40-31)7-5-4-6-29(36)20-21-35/h4,6,8-19,30-33,37-38H,5,7,20-22,35H2,1-3H3/b6-4-. The summed E-state index contributed by atoms with van der Waals surface area (Å²) in [4.78, 5) is 11.7. The zero-order valence-electron chi connectivity index (χ0n) is 23.6. The molecule has 1 fully saturated rings. The maximum absolute atomic E-state index is 11.7. The molecule has 1 aliphatic heterocycles. The maximum Gasteiger partial charge on any atom is 0.156 e. The Balaban J connectivity index is 1.62. The third-order valence-electron chi connectivity index (χ3n) is 7.61. The molecule has 4 rings (SSSR count). The second kappa shape index (κ2) is 13.5. The molecule has 1 saturated heterocycles. The van der Waals surface area contributed by atoms with Gasteiger partial charge in [0, 0.05) is 6.42 Å². The van der Waals surface area contributed by atoms with E-state index in [1.54, 1.807) is 6.08 Å². The Morgan fingerprint density at radius 1 is 0.825 bits per heavy atom. The minimum absolute atomic E-state index is 0.0265. The second-order valence-electron chi connectivity index (χ2n) is 10.8. The second-order valence-corrected chi connectivity index (χ2v) is 10.8. The fraction of sp³-hybridized carbons (Fsp3) is 0.382. The summed E-state index contributed by atoms with van der Waals surface area (Å²) >= 11 is 0. The Bertz CT molecular complexity index is 1160. The lowest BCUT2D eigenvalue weighted by molar-refractivity contribution is -0.114. The fourth-order valence-electron chi connectivity index (χ4n) is 5.22. The molecule has 0 bridgehead atoms. The SMILES string of the molecule is Cc1ccc(C(OCC2OC(CC/C=C\C(=O)CCN)C(O)C2O)(c2ccc(C)cc2)c2ccc(C)cc2)cc1. The van der Waals surface area contributed by atoms with Gasteiger partial charge in [0.2, 0.25) is 0 Å². The smallest absolute Gasteiger partial charge is 0.156 e. The van der Waals surface area contributed by atoms with Crippen molar-refractivity contribution < 1.29 is 24.5 Å². The third-order valence-corrected chi connectivity index (χ3v) is 7.61. The molecule has 40 heavy (non-hydrogen) atoms. The first-order valence-corrected chi connectivity index (χ1v) is 14.0. The summed E-state index contributed by atoms with van der Waals surface area (Å²) in [6.07, 6.45) is 1.18. The molecular weight excluding hydrogens is 502 g/mol. The first-order chi connectivity index (χ1) is 19.2. The largest absolute Gasteiger partial charge is 0.388 e. The Morgan fingerprint density at radius 2 is 1.27 bits per heavy atom. The van der Waals surface area contributed by atoms with E-state index in [1.807, 2.05) is 0 Å². The molecular formula is C34H41NO5. The van der Waals surface area contributed by atoms with Gasteiger partial charge in [-0.15, -0.1) is 0 Å². The van der Waals surface area contributed by atoms with Crippen LogP contribution in [0.15, 0.2) is 84.9 Å². The average molecular weight is 544 g/mol. The molecule has 4 unspecified atom stereocenters. The monoisotopic (exact) mass is 543 g/mol. The van der Waals surface area contributed by atoms with Crippen LogP contribution in [0, 0.1) is 20.8 Å². The summed E-state index contributed by atoms with van der Waals surface area (Å²) in [7, 11) is 0. The van der Waals surface area contributed by atoms with Gasteiger partial charge in [-0.3, -0.25) is 4.79 Å². The molecule has 1 heterocycles. The van der Waals surface area contributed by atoms with Crippen LogP contribution in [0.1, 0.15) is 52.6 Å². The van der Waals surface area contributed by atoms with E-state index in [-0.39, 0.29) is 12.4 Å². The van der Waals surface area contributed by atoms with Gasteiger partial charge in [-0.2, -0.15) is 0 Å². The van der Waals surface area contributed by atoms with E-state index in [0.29, 0.717) is 25.8 Å². The van der Waals surface area contributed by atoms with Crippen LogP contribution in [-0.2, 0) is 19.9 Å². The van der Waals surface area contributed by atoms with Crippen LogP contribution in [0.5, 0.6) is 0 Å². The van der Waals surface area contributed by atoms with Crippen molar-refractivity contribution in [3.8, 4) is 0 Å². The van der Waals surface area contributed by atoms with Crippen LogP contribution in [0.3, 0.4) is 0 Å². The molecule has 4 atom stereocenters. The zero-order chi connectivity index (χ0) is 28.7. The molecule has 1 aliphatic rings. The van der Waals surface area contributed by atoms with E-state index in [1.165, 1.54) is 6.08 Å². The van der Waals surface area contributed by atoms with Crippen molar-refractivity contribution >= 4 is 5.78 Å². The lowest BCUT2D eigenvalue weighted by Crippen LogP contribution is -2.39. The van der Waals surface area contributed by atoms with Crippen molar-refractivity contribution in [2.75, 3.05) is 13.2 Å². The number of rotatable bonds is 12. The molecule has 6 heteroatoms. The van der Waals surface area contributed by atoms with Crippen LogP contribution >= 0.6 is 0 Å². The first kappa shape index (κ1) is 29.8. The van der Waals surface area contributed by atoms with Crippen LogP contribution in [0.4, 0.5) is 0 Å². The summed E-state index contributed by atoms with van der Waals surface area (Å²) in [5.41, 5.74) is 10.8. The average Bonchev–Trinajstić information content (AvgIpc) is 3.22. The maximum atomic E-state index is 11.7. The highest BCUT2D eigenvalue weighted by molar-refractivity contribution is 5.89. The third kappa shape index (κ3) is 6.77. The number of hydrogen-bond acceptors (Lipinski definition) is 6. The summed E-state index contributed by atoms with van der Waals surface area (Å²) in [6, 6.07) is 24.9. The number of aliphatic hydroxyl groups is 2. The first-order valence-electron chi connectivity index (χ1n) is 14.0. The molecule has 0 saturated carbocycles. The van der Waals surface area contributed by atoms with Crippen LogP contribution in [0.2, 0.25) is 0 Å². The number of allylic oxidation sites excluding steroid dienone is 2. The summed E-state index contributed by atoms with van der Waals surface area (Å²) in [5.74, 6) is -0.0265. The predicted molar refractivity (Wildman–Crippen MR) is 157 cm³/mol. The number of aryl methyl sites for hydroxylation is 3. The van der Waals surface area contributed by atoms with Crippen molar-refractivity contribution in [3.05, 3.63) is 118 Å². The van der Waals surface area contributed by atoms with Gasteiger partial charge >= 0.3 is 0 Å². The van der Waals surface area contributed by atoms with E-state index >= 15 is 0 Å². The Hall–Kier alpha value is -3.13. The number of aliphatic hydroxyl groups excluding tert-OH is 2. The van der Waals surface area contributed by atoms with Crippen LogP contribution in [0.25, 0.3) is 0 Å². The number of hydrogen-bond donors (Lipinski definition) is 3. The van der Waals surface area contributed by atoms with Gasteiger partial charge < -0.3 is 25.4 Å². The van der Waals surface area contributed by atoms with Crippen molar-refractivity contribution in [1.29, 1.82) is 0 Å². The minimum atomic E-state index is -1.10. The van der Waals surface area contributed by atoms with E-state index in [9.17, 15) is 15.0 Å². The van der Waals surface area contributed by atoms with Crippen LogP contribution in [-0.4, -0.2) is 53.6 Å². The molecule has 0 aromatic heterocycles. The Morgan fingerprint density at radius 3 is 1.73 bits per heavy atom. The zero-order valence-corrected chi connectivity index (χ0v) is 23.6. The van der Waals surface area contributed by atoms with Gasteiger partial charge in [0.25, 0.3) is 0 Å². The number of nitrogens with two attached hydrogens (primary N) is 1. The molecule has 6 nitrogen and oxygen atoms in total. The number of ether oxygens (including phenoxy) is 2. The van der Waals surface area contributed by atoms with Crippen molar-refractivity contribution in [1.82, 2.24) is 0 Å². The number of carbonyl (C=O) groups excluding carboxylic acids is 1. The number of benzene rings is 3. The van der Waals surface area contributed by atoms with Crippen molar-refractivity contribution in [2.45, 2.75) is 70.1 Å². The van der Waals surface area contributed by atoms with Gasteiger partial charge in [-0.05, 0) is 62.9 Å². The molecule has 0 aliphatic carbocycles. The van der Waals surface area contributed by atoms with E-state index in [4.69, 9.17) is 15.2 Å². The van der Waals surface area contributed by atoms with Gasteiger partial charge in [0.15, 0.2) is 5.78 Å². The molecule has 3 aromatic rings. The molecule has 0 amide bonds. The van der Waals surface area contributed by atoms with E-state index in [0.717, 1.165) is 33.4 Å². The minimum Gasteiger partial charge on any atom is -0.388 e. The predicted octanol–water partition coefficient (Wildman–Crippen LogP) is 4.66. The number of ketones is 1. The van der Waals surface area contributed by atoms with Gasteiger partial charge in [0.05, 0.1) is 12.7 Å². The van der Waals surface area contributed by atoms with Crippen molar-refractivity contribution in [3.63, 3.8) is 0 Å². The van der Waals surface area contributed by atoms with Crippen molar-refractivity contribution in [2.24, 2.45) is 5.73 Å². The summed E-state index contributed by atoms with van der Waals surface area (Å²) in [6.45, 7) is 6.54. The number of carbonyl (C=O) groups is 1. The van der Waals surface area contributed by atoms with E-state index in [2.05, 4.69) is 93.6 Å². The lowest BCUT2D eigenvalue weighted by atomic mass is 9.79. The quantitative estimate of drug-likeness (QED) is 0.227. The molecule has 212 valence electrons. The molecule has 0 radical (unpaired) electrons. The summed E-state index contributed by atoms with van der Waals surface area (Å²) in [5, 5.41) is 21.7. The molecule has 3 aromatic carbocycles. The van der Waals surface area contributed by atoms with E-state index < -0.39 is 30.0 Å². The van der Waals surface area contributed by atoms with Gasteiger partial charge in [-0.25, -0.2) is 0 Å². The lowest BCUT2D eigenvalue weighted by Gasteiger charge is -2.37. The van der Waals surface area contributed by atoms with Gasteiger partial charge in [0.1, 0.15) is 23.9 Å². The molecule has 0 spiro atoms. The highest BCUT2D eigenvalue weighted by Crippen LogP contribution is 2.42. The van der Waals surface area contributed by atoms with Gasteiger partial charge in [-0.1, -0.05) is 95.6 Å². The summed E-state index contributed by atoms with van der Waals surface area (Å²) < 4.78 is 13.0. The highest BCUT2D eigenvalue weighted by atomic mass is 16.6. The fourth-order valence-corrected chi connectivity index (χ4v) is 5.22. The Labute approximate surface area is 237 Å². The highest BCUT2D eigenvalue weighted by Gasteiger charge is 2.45.